The van der Waals surface area contributed by atoms with Crippen molar-refractivity contribution in [3.8, 4) is 0 Å². The molecule has 2 N–H and O–H groups in total. The molecule has 1 fully saturated rings. The second-order valence-electron chi connectivity index (χ2n) is 6.22. The van der Waals surface area contributed by atoms with E-state index in [4.69, 9.17) is 17.3 Å². The molecule has 0 aliphatic heterocycles. The van der Waals surface area contributed by atoms with E-state index >= 15 is 0 Å². The molecule has 1 unspecified atom stereocenters. The summed E-state index contributed by atoms with van der Waals surface area (Å²) in [7, 11) is 0. The highest BCUT2D eigenvalue weighted by atomic mass is 35.5. The molecule has 0 radical (unpaired) electrons. The first kappa shape index (κ1) is 14.6. The summed E-state index contributed by atoms with van der Waals surface area (Å²) in [5.74, 6) is 0.382. The predicted molar refractivity (Wildman–Crippen MR) is 90.0 cm³/mol. The minimum atomic E-state index is 0.188. The molecule has 0 bridgehead atoms. The zero-order valence-electron chi connectivity index (χ0n) is 12.5. The fourth-order valence-electron chi connectivity index (χ4n) is 3.75. The third-order valence-electron chi connectivity index (χ3n) is 5.01. The topological polar surface area (TPSA) is 26.0 Å². The number of hydrogen-bond donors (Lipinski definition) is 1. The largest absolute Gasteiger partial charge is 0.330 e. The zero-order chi connectivity index (χ0) is 14.9. The first-order chi connectivity index (χ1) is 10.2. The van der Waals surface area contributed by atoms with Crippen LogP contribution in [0.4, 0.5) is 0 Å². The van der Waals surface area contributed by atoms with Gasteiger partial charge in [-0.05, 0) is 43.0 Å². The monoisotopic (exact) mass is 299 g/mol. The second kappa shape index (κ2) is 5.82. The Morgan fingerprint density at radius 1 is 1.14 bits per heavy atom. The van der Waals surface area contributed by atoms with Gasteiger partial charge in [-0.1, -0.05) is 60.0 Å². The molecule has 0 saturated heterocycles. The number of aryl methyl sites for hydroxylation is 1. The van der Waals surface area contributed by atoms with Crippen molar-refractivity contribution >= 4 is 11.6 Å². The van der Waals surface area contributed by atoms with Crippen LogP contribution in [0.1, 0.15) is 41.9 Å². The average Bonchev–Trinajstić information content (AvgIpc) is 2.44. The van der Waals surface area contributed by atoms with Crippen molar-refractivity contribution in [3.63, 3.8) is 0 Å². The quantitative estimate of drug-likeness (QED) is 0.861. The van der Waals surface area contributed by atoms with Crippen molar-refractivity contribution in [1.29, 1.82) is 0 Å². The Morgan fingerprint density at radius 3 is 2.38 bits per heavy atom. The molecule has 1 saturated carbocycles. The zero-order valence-corrected chi connectivity index (χ0v) is 13.2. The van der Waals surface area contributed by atoms with E-state index in [1.54, 1.807) is 0 Å². The van der Waals surface area contributed by atoms with Crippen LogP contribution in [0.5, 0.6) is 0 Å². The summed E-state index contributed by atoms with van der Waals surface area (Å²) in [4.78, 5) is 0. The normalized spacial score (nSPS) is 18.0. The highest BCUT2D eigenvalue weighted by Gasteiger charge is 2.45. The molecule has 1 atom stereocenters. The lowest BCUT2D eigenvalue weighted by Gasteiger charge is -2.48. The van der Waals surface area contributed by atoms with E-state index in [2.05, 4.69) is 43.3 Å². The van der Waals surface area contributed by atoms with Crippen molar-refractivity contribution in [2.75, 3.05) is 6.54 Å². The lowest BCUT2D eigenvalue weighted by atomic mass is 9.56. The van der Waals surface area contributed by atoms with Crippen LogP contribution in [-0.4, -0.2) is 6.54 Å². The average molecular weight is 300 g/mol. The van der Waals surface area contributed by atoms with Crippen LogP contribution < -0.4 is 5.73 Å². The SMILES string of the molecule is Cc1cccc(C(CN)C2(c3ccc(Cl)cc3)CCC2)c1. The molecular weight excluding hydrogens is 278 g/mol. The summed E-state index contributed by atoms with van der Waals surface area (Å²) >= 11 is 6.05. The van der Waals surface area contributed by atoms with E-state index in [-0.39, 0.29) is 5.41 Å². The molecule has 2 aromatic rings. The molecular formula is C19H22ClN. The van der Waals surface area contributed by atoms with Gasteiger partial charge in [0.05, 0.1) is 0 Å². The van der Waals surface area contributed by atoms with Crippen LogP contribution in [0.25, 0.3) is 0 Å². The highest BCUT2D eigenvalue weighted by molar-refractivity contribution is 6.30. The van der Waals surface area contributed by atoms with Gasteiger partial charge in [0.2, 0.25) is 0 Å². The van der Waals surface area contributed by atoms with E-state index in [0.29, 0.717) is 12.5 Å². The van der Waals surface area contributed by atoms with Crippen molar-refractivity contribution in [1.82, 2.24) is 0 Å². The van der Waals surface area contributed by atoms with E-state index in [1.807, 2.05) is 12.1 Å². The molecule has 1 aliphatic carbocycles. The maximum Gasteiger partial charge on any atom is 0.0406 e. The number of rotatable bonds is 4. The molecule has 21 heavy (non-hydrogen) atoms. The maximum absolute atomic E-state index is 6.19. The molecule has 1 nitrogen and oxygen atoms in total. The molecule has 110 valence electrons. The minimum absolute atomic E-state index is 0.188. The highest BCUT2D eigenvalue weighted by Crippen LogP contribution is 2.53. The molecule has 2 heteroatoms. The van der Waals surface area contributed by atoms with Gasteiger partial charge < -0.3 is 5.73 Å². The van der Waals surface area contributed by atoms with Gasteiger partial charge in [-0.3, -0.25) is 0 Å². The maximum atomic E-state index is 6.19. The van der Waals surface area contributed by atoms with Crippen LogP contribution in [-0.2, 0) is 5.41 Å². The molecule has 0 aromatic heterocycles. The Kier molecular flexibility index (Phi) is 4.05. The van der Waals surface area contributed by atoms with Crippen molar-refractivity contribution in [3.05, 3.63) is 70.2 Å². The fraction of sp³-hybridized carbons (Fsp3) is 0.368. The number of nitrogens with two attached hydrogens (primary N) is 1. The second-order valence-corrected chi connectivity index (χ2v) is 6.66. The van der Waals surface area contributed by atoms with Crippen molar-refractivity contribution in [2.45, 2.75) is 37.5 Å². The Hall–Kier alpha value is -1.31. The van der Waals surface area contributed by atoms with E-state index in [0.717, 1.165) is 5.02 Å². The van der Waals surface area contributed by atoms with Crippen LogP contribution in [0.2, 0.25) is 5.02 Å². The van der Waals surface area contributed by atoms with Gasteiger partial charge in [-0.25, -0.2) is 0 Å². The minimum Gasteiger partial charge on any atom is -0.330 e. The molecule has 0 heterocycles. The summed E-state index contributed by atoms with van der Waals surface area (Å²) in [6.45, 7) is 2.83. The number of benzene rings is 2. The summed E-state index contributed by atoms with van der Waals surface area (Å²) in [6, 6.07) is 17.2. The van der Waals surface area contributed by atoms with Gasteiger partial charge in [0.25, 0.3) is 0 Å². The lowest BCUT2D eigenvalue weighted by Crippen LogP contribution is -2.43. The van der Waals surface area contributed by atoms with Gasteiger partial charge in [-0.2, -0.15) is 0 Å². The van der Waals surface area contributed by atoms with Gasteiger partial charge in [-0.15, -0.1) is 0 Å². The van der Waals surface area contributed by atoms with Gasteiger partial charge in [0, 0.05) is 22.9 Å². The Bertz CT molecular complexity index is 614. The van der Waals surface area contributed by atoms with Crippen LogP contribution >= 0.6 is 11.6 Å². The van der Waals surface area contributed by atoms with Crippen LogP contribution in [0, 0.1) is 6.92 Å². The van der Waals surface area contributed by atoms with Gasteiger partial charge >= 0.3 is 0 Å². The van der Waals surface area contributed by atoms with Crippen LogP contribution in [0.3, 0.4) is 0 Å². The third kappa shape index (κ3) is 2.61. The third-order valence-corrected chi connectivity index (χ3v) is 5.26. The summed E-state index contributed by atoms with van der Waals surface area (Å²) in [5, 5.41) is 0.799. The van der Waals surface area contributed by atoms with Crippen LogP contribution in [0.15, 0.2) is 48.5 Å². The lowest BCUT2D eigenvalue weighted by molar-refractivity contribution is 0.196. The Morgan fingerprint density at radius 2 is 1.86 bits per heavy atom. The Labute approximate surface area is 132 Å². The molecule has 1 aliphatic rings. The number of hydrogen-bond acceptors (Lipinski definition) is 1. The standard InChI is InChI=1S/C19H22ClN/c1-14-4-2-5-15(12-14)18(13-21)19(10-3-11-19)16-6-8-17(20)9-7-16/h2,4-9,12,18H,3,10-11,13,21H2,1H3. The molecule has 0 amide bonds. The molecule has 2 aromatic carbocycles. The fourth-order valence-corrected chi connectivity index (χ4v) is 3.87. The van der Waals surface area contributed by atoms with Crippen molar-refractivity contribution < 1.29 is 0 Å². The number of halogens is 1. The van der Waals surface area contributed by atoms with E-state index in [1.165, 1.54) is 36.0 Å². The van der Waals surface area contributed by atoms with Gasteiger partial charge in [0.15, 0.2) is 0 Å². The summed E-state index contributed by atoms with van der Waals surface area (Å²) in [5.41, 5.74) is 10.4. The predicted octanol–water partition coefficient (Wildman–Crippen LogP) is 4.81. The first-order valence-electron chi connectivity index (χ1n) is 7.68. The van der Waals surface area contributed by atoms with E-state index < -0.39 is 0 Å². The molecule has 3 rings (SSSR count). The van der Waals surface area contributed by atoms with Gasteiger partial charge in [0.1, 0.15) is 0 Å². The smallest absolute Gasteiger partial charge is 0.0406 e. The van der Waals surface area contributed by atoms with E-state index in [9.17, 15) is 0 Å². The molecule has 0 spiro atoms. The summed E-state index contributed by atoms with van der Waals surface area (Å²) < 4.78 is 0. The Balaban J connectivity index is 2.02. The first-order valence-corrected chi connectivity index (χ1v) is 8.06. The summed E-state index contributed by atoms with van der Waals surface area (Å²) in [6.07, 6.45) is 3.71. The van der Waals surface area contributed by atoms with Crippen molar-refractivity contribution in [2.24, 2.45) is 5.73 Å².